The van der Waals surface area contributed by atoms with Gasteiger partial charge in [-0.15, -0.1) is 0 Å². The molecule has 26 heavy (non-hydrogen) atoms. The summed E-state index contributed by atoms with van der Waals surface area (Å²) < 4.78 is 23.8. The molecule has 142 valence electrons. The van der Waals surface area contributed by atoms with E-state index in [4.69, 9.17) is 30.4 Å². The van der Waals surface area contributed by atoms with Crippen LogP contribution in [0.4, 0.5) is 11.4 Å². The number of hydrogen-bond acceptors (Lipinski definition) is 6. The number of benzene rings is 2. The molecule has 4 rings (SSSR count). The van der Waals surface area contributed by atoms with Crippen molar-refractivity contribution in [2.75, 3.05) is 25.1 Å². The van der Waals surface area contributed by atoms with E-state index in [2.05, 4.69) is 54.5 Å². The van der Waals surface area contributed by atoms with Gasteiger partial charge in [-0.3, -0.25) is 0 Å². The average molecular weight is 602 g/mol. The number of ether oxygens (including phenoxy) is 4. The van der Waals surface area contributed by atoms with Gasteiger partial charge in [-0.25, -0.2) is 0 Å². The van der Waals surface area contributed by atoms with E-state index in [0.29, 0.717) is 22.9 Å². The van der Waals surface area contributed by atoms with Gasteiger partial charge in [0.05, 0.1) is 14.9 Å². The van der Waals surface area contributed by atoms with Gasteiger partial charge in [0.1, 0.15) is 0 Å². The number of aryl methyl sites for hydroxylation is 1. The molecule has 0 atom stereocenters. The first kappa shape index (κ1) is 21.2. The van der Waals surface area contributed by atoms with Gasteiger partial charge >= 0.3 is 0 Å². The second-order valence-corrected chi connectivity index (χ2v) is 8.05. The summed E-state index contributed by atoms with van der Waals surface area (Å²) in [5.41, 5.74) is 15.0. The lowest BCUT2D eigenvalue weighted by Crippen LogP contribution is -1.95. The van der Waals surface area contributed by atoms with Gasteiger partial charge in [0.2, 0.25) is 13.6 Å². The van der Waals surface area contributed by atoms with E-state index in [1.54, 1.807) is 0 Å². The second kappa shape index (κ2) is 8.30. The Morgan fingerprint density at radius 1 is 0.885 bits per heavy atom. The lowest BCUT2D eigenvalue weighted by Gasteiger charge is -2.09. The van der Waals surface area contributed by atoms with Gasteiger partial charge in [-0.05, 0) is 85.5 Å². The quantitative estimate of drug-likeness (QED) is 0.312. The van der Waals surface area contributed by atoms with E-state index in [1.165, 1.54) is 0 Å². The maximum atomic E-state index is 5.85. The highest BCUT2D eigenvalue weighted by atomic mass is 127. The summed E-state index contributed by atoms with van der Waals surface area (Å²) in [7, 11) is 0. The molecule has 0 saturated carbocycles. The molecule has 2 heterocycles. The molecule has 0 saturated heterocycles. The minimum Gasteiger partial charge on any atom is -0.453 e. The lowest BCUT2D eigenvalue weighted by atomic mass is 10.2. The monoisotopic (exact) mass is 600 g/mol. The van der Waals surface area contributed by atoms with E-state index in [-0.39, 0.29) is 21.0 Å². The molecule has 2 aliphatic heterocycles. The molecule has 0 amide bonds. The standard InChI is InChI=1S/C8H7BrINO2.C8H8BrNO2.CH4/c1-3-4(9)6(11)8-7(5(3)10)12-2-13-8;1-4-2-5-8(12-3-11-5)7(10)6(4)9;/h2,11H2,1H3;2H,3,10H2,1H3;1H4. The van der Waals surface area contributed by atoms with E-state index < -0.39 is 0 Å². The number of anilines is 2. The zero-order valence-corrected chi connectivity index (χ0v) is 18.7. The van der Waals surface area contributed by atoms with Gasteiger partial charge in [0.15, 0.2) is 23.0 Å². The zero-order valence-electron chi connectivity index (χ0n) is 13.4. The predicted molar refractivity (Wildman–Crippen MR) is 118 cm³/mol. The third-order valence-corrected chi connectivity index (χ3v) is 7.14. The van der Waals surface area contributed by atoms with Crippen molar-refractivity contribution in [1.29, 1.82) is 0 Å². The largest absolute Gasteiger partial charge is 0.453 e. The molecule has 4 N–H and O–H groups in total. The summed E-state index contributed by atoms with van der Waals surface area (Å²) >= 11 is 9.01. The summed E-state index contributed by atoms with van der Waals surface area (Å²) in [4.78, 5) is 0. The predicted octanol–water partition coefficient (Wildman–Crippen LogP) is 5.38. The Kier molecular flexibility index (Phi) is 6.78. The highest BCUT2D eigenvalue weighted by Gasteiger charge is 2.24. The van der Waals surface area contributed by atoms with Crippen LogP contribution in [-0.2, 0) is 0 Å². The van der Waals surface area contributed by atoms with E-state index >= 15 is 0 Å². The maximum Gasteiger partial charge on any atom is 0.231 e. The van der Waals surface area contributed by atoms with E-state index in [0.717, 1.165) is 35.1 Å². The highest BCUT2D eigenvalue weighted by molar-refractivity contribution is 14.1. The molecule has 9 heteroatoms. The van der Waals surface area contributed by atoms with Crippen molar-refractivity contribution in [2.45, 2.75) is 21.3 Å². The first-order valence-electron chi connectivity index (χ1n) is 7.19. The Morgan fingerprint density at radius 2 is 1.42 bits per heavy atom. The Bertz CT molecular complexity index is 827. The third kappa shape index (κ3) is 3.65. The first-order chi connectivity index (χ1) is 11.8. The topological polar surface area (TPSA) is 89.0 Å². The molecule has 2 aromatic carbocycles. The lowest BCUT2D eigenvalue weighted by molar-refractivity contribution is 0.173. The van der Waals surface area contributed by atoms with Crippen LogP contribution in [-0.4, -0.2) is 13.6 Å². The van der Waals surface area contributed by atoms with E-state index in [9.17, 15) is 0 Å². The number of hydrogen-bond donors (Lipinski definition) is 2. The summed E-state index contributed by atoms with van der Waals surface area (Å²) in [6, 6.07) is 1.91. The SMILES string of the molecule is C.Cc1c(Br)c(N)c2c(c1I)OCO2.Cc1cc2c(c(N)c1Br)OCO2. The number of nitrogen functional groups attached to an aromatic ring is 2. The van der Waals surface area contributed by atoms with Crippen molar-refractivity contribution < 1.29 is 18.9 Å². The van der Waals surface area contributed by atoms with Gasteiger partial charge in [-0.1, -0.05) is 7.43 Å². The van der Waals surface area contributed by atoms with Crippen molar-refractivity contribution in [3.05, 3.63) is 29.7 Å². The van der Waals surface area contributed by atoms with Crippen LogP contribution in [0.25, 0.3) is 0 Å². The van der Waals surface area contributed by atoms with Crippen molar-refractivity contribution in [3.63, 3.8) is 0 Å². The molecule has 0 aromatic heterocycles. The number of rotatable bonds is 0. The summed E-state index contributed by atoms with van der Waals surface area (Å²) in [5, 5.41) is 0. The average Bonchev–Trinajstić information content (AvgIpc) is 3.26. The smallest absolute Gasteiger partial charge is 0.231 e. The first-order valence-corrected chi connectivity index (χ1v) is 9.86. The van der Waals surface area contributed by atoms with Gasteiger partial charge in [0.25, 0.3) is 0 Å². The minimum atomic E-state index is 0. The second-order valence-electron chi connectivity index (χ2n) is 5.39. The fourth-order valence-corrected chi connectivity index (χ4v) is 4.10. The highest BCUT2D eigenvalue weighted by Crippen LogP contribution is 2.47. The van der Waals surface area contributed by atoms with Crippen molar-refractivity contribution in [1.82, 2.24) is 0 Å². The molecule has 2 aromatic rings. The summed E-state index contributed by atoms with van der Waals surface area (Å²) in [6.45, 7) is 4.47. The Balaban J connectivity index is 0.000000180. The van der Waals surface area contributed by atoms with Crippen LogP contribution in [0, 0.1) is 17.4 Å². The molecule has 2 aliphatic rings. The van der Waals surface area contributed by atoms with Crippen molar-refractivity contribution in [3.8, 4) is 23.0 Å². The molecule has 6 nitrogen and oxygen atoms in total. The molecule has 0 radical (unpaired) electrons. The summed E-state index contributed by atoms with van der Waals surface area (Å²) in [5.74, 6) is 2.79. The van der Waals surface area contributed by atoms with Crippen LogP contribution in [0.2, 0.25) is 0 Å². The van der Waals surface area contributed by atoms with Crippen molar-refractivity contribution >= 4 is 65.8 Å². The fraction of sp³-hybridized carbons (Fsp3) is 0.294. The Labute approximate surface area is 182 Å². The van der Waals surface area contributed by atoms with Gasteiger partial charge < -0.3 is 30.4 Å². The fourth-order valence-electron chi connectivity index (χ4n) is 2.39. The van der Waals surface area contributed by atoms with Gasteiger partial charge in [-0.2, -0.15) is 0 Å². The Morgan fingerprint density at radius 3 is 2.12 bits per heavy atom. The number of halogens is 3. The molecular weight excluding hydrogens is 583 g/mol. The Hall–Kier alpha value is -1.07. The van der Waals surface area contributed by atoms with Crippen molar-refractivity contribution in [2.24, 2.45) is 0 Å². The van der Waals surface area contributed by atoms with Crippen LogP contribution in [0.15, 0.2) is 15.0 Å². The normalized spacial score (nSPS) is 13.0. The van der Waals surface area contributed by atoms with Gasteiger partial charge in [0, 0.05) is 8.95 Å². The third-order valence-electron chi connectivity index (χ3n) is 3.77. The van der Waals surface area contributed by atoms with Crippen LogP contribution >= 0.6 is 54.5 Å². The van der Waals surface area contributed by atoms with Crippen LogP contribution in [0.3, 0.4) is 0 Å². The molecular formula is C17H19Br2IN2O4. The number of fused-ring (bicyclic) bond motifs is 2. The molecule has 0 spiro atoms. The van der Waals surface area contributed by atoms with Crippen LogP contribution in [0.5, 0.6) is 23.0 Å². The molecule has 0 unspecified atom stereocenters. The number of nitrogens with two attached hydrogens (primary N) is 2. The molecule has 0 bridgehead atoms. The zero-order chi connectivity index (χ0) is 18.3. The minimum absolute atomic E-state index is 0. The summed E-state index contributed by atoms with van der Waals surface area (Å²) in [6.07, 6.45) is 0. The van der Waals surface area contributed by atoms with Crippen LogP contribution < -0.4 is 30.4 Å². The van der Waals surface area contributed by atoms with E-state index in [1.807, 2.05) is 19.9 Å². The molecule has 0 aliphatic carbocycles. The van der Waals surface area contributed by atoms with Crippen LogP contribution in [0.1, 0.15) is 18.6 Å². The molecule has 0 fully saturated rings. The maximum absolute atomic E-state index is 5.85.